The molecule has 1 aromatic carbocycles. The van der Waals surface area contributed by atoms with Crippen LogP contribution in [0.3, 0.4) is 0 Å². The van der Waals surface area contributed by atoms with E-state index in [1.165, 1.54) is 12.1 Å². The van der Waals surface area contributed by atoms with Crippen LogP contribution in [0.4, 0.5) is 0 Å². The van der Waals surface area contributed by atoms with Crippen molar-refractivity contribution in [1.82, 2.24) is 4.72 Å². The molecule has 0 unspecified atom stereocenters. The molecule has 1 atom stereocenters. The van der Waals surface area contributed by atoms with E-state index in [9.17, 15) is 8.42 Å². The summed E-state index contributed by atoms with van der Waals surface area (Å²) in [7, 11) is -3.40. The maximum absolute atomic E-state index is 11.8. The van der Waals surface area contributed by atoms with Crippen LogP contribution in [0.15, 0.2) is 29.2 Å². The van der Waals surface area contributed by atoms with Gasteiger partial charge in [0.25, 0.3) is 0 Å². The molecular weight excluding hydrogens is 234 g/mol. The van der Waals surface area contributed by atoms with Crippen LogP contribution in [-0.2, 0) is 10.0 Å². The zero-order chi connectivity index (χ0) is 11.5. The van der Waals surface area contributed by atoms with Crippen molar-refractivity contribution in [3.63, 3.8) is 0 Å². The highest BCUT2D eigenvalue weighted by Gasteiger charge is 2.15. The molecular formula is C10H14ClNO2S. The zero-order valence-corrected chi connectivity index (χ0v) is 10.3. The quantitative estimate of drug-likeness (QED) is 0.888. The van der Waals surface area contributed by atoms with Gasteiger partial charge in [0.2, 0.25) is 10.0 Å². The van der Waals surface area contributed by atoms with Gasteiger partial charge in [0.15, 0.2) is 0 Å². The SMILES string of the molecule is CC[C@H](C)NS(=O)(=O)c1ccc(Cl)cc1. The molecule has 0 saturated carbocycles. The van der Waals surface area contributed by atoms with Crippen molar-refractivity contribution in [2.75, 3.05) is 0 Å². The minimum atomic E-state index is -3.40. The Kier molecular flexibility index (Phi) is 4.13. The summed E-state index contributed by atoms with van der Waals surface area (Å²) < 4.78 is 26.1. The van der Waals surface area contributed by atoms with Gasteiger partial charge >= 0.3 is 0 Å². The lowest BCUT2D eigenvalue weighted by Gasteiger charge is -2.11. The van der Waals surface area contributed by atoms with Gasteiger partial charge in [0.05, 0.1) is 4.90 Å². The monoisotopic (exact) mass is 247 g/mol. The van der Waals surface area contributed by atoms with Crippen molar-refractivity contribution in [2.45, 2.75) is 31.2 Å². The second kappa shape index (κ2) is 4.96. The normalized spacial score (nSPS) is 13.8. The van der Waals surface area contributed by atoms with E-state index >= 15 is 0 Å². The van der Waals surface area contributed by atoms with Crippen molar-refractivity contribution in [1.29, 1.82) is 0 Å². The minimum absolute atomic E-state index is 0.0642. The summed E-state index contributed by atoms with van der Waals surface area (Å²) in [6, 6.07) is 6.05. The maximum Gasteiger partial charge on any atom is 0.240 e. The number of hydrogen-bond donors (Lipinski definition) is 1. The Bertz CT molecular complexity index is 414. The Morgan fingerprint density at radius 3 is 2.33 bits per heavy atom. The van der Waals surface area contributed by atoms with E-state index in [4.69, 9.17) is 11.6 Å². The summed E-state index contributed by atoms with van der Waals surface area (Å²) in [4.78, 5) is 0.243. The molecule has 0 aliphatic carbocycles. The summed E-state index contributed by atoms with van der Waals surface area (Å²) >= 11 is 5.68. The molecule has 0 radical (unpaired) electrons. The third-order valence-corrected chi connectivity index (χ3v) is 3.95. The molecule has 0 bridgehead atoms. The third kappa shape index (κ3) is 3.48. The highest BCUT2D eigenvalue weighted by Crippen LogP contribution is 2.14. The van der Waals surface area contributed by atoms with Gasteiger partial charge in [-0.25, -0.2) is 13.1 Å². The van der Waals surface area contributed by atoms with Gasteiger partial charge < -0.3 is 0 Å². The number of hydrogen-bond acceptors (Lipinski definition) is 2. The molecule has 0 saturated heterocycles. The van der Waals surface area contributed by atoms with Gasteiger partial charge in [-0.2, -0.15) is 0 Å². The molecule has 84 valence electrons. The van der Waals surface area contributed by atoms with E-state index < -0.39 is 10.0 Å². The first-order valence-corrected chi connectivity index (χ1v) is 6.59. The van der Waals surface area contributed by atoms with E-state index in [-0.39, 0.29) is 10.9 Å². The summed E-state index contributed by atoms with van der Waals surface area (Å²) in [5, 5.41) is 0.525. The topological polar surface area (TPSA) is 46.2 Å². The number of sulfonamides is 1. The molecule has 0 heterocycles. The smallest absolute Gasteiger partial charge is 0.208 e. The van der Waals surface area contributed by atoms with E-state index in [1.54, 1.807) is 12.1 Å². The summed E-state index contributed by atoms with van der Waals surface area (Å²) in [5.74, 6) is 0. The zero-order valence-electron chi connectivity index (χ0n) is 8.70. The second-order valence-electron chi connectivity index (χ2n) is 3.38. The minimum Gasteiger partial charge on any atom is -0.208 e. The fourth-order valence-electron chi connectivity index (χ4n) is 1.03. The molecule has 1 rings (SSSR count). The van der Waals surface area contributed by atoms with Gasteiger partial charge in [0, 0.05) is 11.1 Å². The highest BCUT2D eigenvalue weighted by atomic mass is 35.5. The summed E-state index contributed by atoms with van der Waals surface area (Å²) in [6.45, 7) is 3.75. The maximum atomic E-state index is 11.8. The predicted octanol–water partition coefficient (Wildman–Crippen LogP) is 2.42. The van der Waals surface area contributed by atoms with E-state index in [2.05, 4.69) is 4.72 Å². The van der Waals surface area contributed by atoms with Crippen LogP contribution < -0.4 is 4.72 Å². The summed E-state index contributed by atoms with van der Waals surface area (Å²) in [5.41, 5.74) is 0. The van der Waals surface area contributed by atoms with Gasteiger partial charge in [-0.3, -0.25) is 0 Å². The van der Waals surface area contributed by atoms with E-state index in [0.29, 0.717) is 5.02 Å². The van der Waals surface area contributed by atoms with Crippen LogP contribution in [0.2, 0.25) is 5.02 Å². The fraction of sp³-hybridized carbons (Fsp3) is 0.400. The third-order valence-electron chi connectivity index (χ3n) is 2.09. The molecule has 3 nitrogen and oxygen atoms in total. The summed E-state index contributed by atoms with van der Waals surface area (Å²) in [6.07, 6.45) is 0.757. The van der Waals surface area contributed by atoms with E-state index in [0.717, 1.165) is 6.42 Å². The van der Waals surface area contributed by atoms with Crippen LogP contribution in [0.1, 0.15) is 20.3 Å². The van der Waals surface area contributed by atoms with Gasteiger partial charge in [0.1, 0.15) is 0 Å². The lowest BCUT2D eigenvalue weighted by atomic mass is 10.3. The number of rotatable bonds is 4. The van der Waals surface area contributed by atoms with Crippen LogP contribution in [0, 0.1) is 0 Å². The van der Waals surface area contributed by atoms with Crippen molar-refractivity contribution in [3.05, 3.63) is 29.3 Å². The fourth-order valence-corrected chi connectivity index (χ4v) is 2.48. The molecule has 1 N–H and O–H groups in total. The predicted molar refractivity (Wildman–Crippen MR) is 61.5 cm³/mol. The average Bonchev–Trinajstić information content (AvgIpc) is 2.17. The Morgan fingerprint density at radius 2 is 1.87 bits per heavy atom. The second-order valence-corrected chi connectivity index (χ2v) is 5.53. The highest BCUT2D eigenvalue weighted by molar-refractivity contribution is 7.89. The van der Waals surface area contributed by atoms with Gasteiger partial charge in [-0.05, 0) is 37.6 Å². The number of benzene rings is 1. The van der Waals surface area contributed by atoms with Crippen molar-refractivity contribution >= 4 is 21.6 Å². The van der Waals surface area contributed by atoms with Gasteiger partial charge in [-0.1, -0.05) is 18.5 Å². The van der Waals surface area contributed by atoms with Crippen LogP contribution in [0.5, 0.6) is 0 Å². The first-order valence-electron chi connectivity index (χ1n) is 4.73. The Balaban J connectivity index is 2.91. The van der Waals surface area contributed by atoms with Crippen LogP contribution in [0.25, 0.3) is 0 Å². The van der Waals surface area contributed by atoms with Gasteiger partial charge in [-0.15, -0.1) is 0 Å². The number of halogens is 1. The molecule has 0 aromatic heterocycles. The molecule has 0 spiro atoms. The molecule has 0 aliphatic rings. The molecule has 15 heavy (non-hydrogen) atoms. The van der Waals surface area contributed by atoms with Crippen molar-refractivity contribution in [3.8, 4) is 0 Å². The standard InChI is InChI=1S/C10H14ClNO2S/c1-3-8(2)12-15(13,14)10-6-4-9(11)5-7-10/h4-8,12H,3H2,1-2H3/t8-/m0/s1. The average molecular weight is 248 g/mol. The molecule has 0 amide bonds. The largest absolute Gasteiger partial charge is 0.240 e. The van der Waals surface area contributed by atoms with Crippen LogP contribution in [-0.4, -0.2) is 14.5 Å². The molecule has 5 heteroatoms. The first kappa shape index (κ1) is 12.5. The number of nitrogens with one attached hydrogen (secondary N) is 1. The lowest BCUT2D eigenvalue weighted by Crippen LogP contribution is -2.31. The lowest BCUT2D eigenvalue weighted by molar-refractivity contribution is 0.556. The van der Waals surface area contributed by atoms with Crippen LogP contribution >= 0.6 is 11.6 Å². The molecule has 1 aromatic rings. The Morgan fingerprint density at radius 1 is 1.33 bits per heavy atom. The first-order chi connectivity index (χ1) is 6.95. The van der Waals surface area contributed by atoms with E-state index in [1.807, 2.05) is 13.8 Å². The molecule has 0 aliphatic heterocycles. The Hall–Kier alpha value is -0.580. The molecule has 0 fully saturated rings. The van der Waals surface area contributed by atoms with Crippen molar-refractivity contribution in [2.24, 2.45) is 0 Å². The Labute approximate surface area is 95.5 Å². The van der Waals surface area contributed by atoms with Crippen molar-refractivity contribution < 1.29 is 8.42 Å².